The van der Waals surface area contributed by atoms with Crippen LogP contribution >= 0.6 is 34.8 Å². The number of amides is 3. The summed E-state index contributed by atoms with van der Waals surface area (Å²) in [6.07, 6.45) is 1.21. The maximum atomic E-state index is 13.4. The number of nitrogens with zero attached hydrogens (tertiary/aromatic N) is 2. The number of anilines is 2. The van der Waals surface area contributed by atoms with Gasteiger partial charge in [0.2, 0.25) is 5.91 Å². The molecule has 208 valence electrons. The van der Waals surface area contributed by atoms with Crippen molar-refractivity contribution in [1.82, 2.24) is 10.2 Å². The van der Waals surface area contributed by atoms with Crippen LogP contribution in [0.2, 0.25) is 15.1 Å². The van der Waals surface area contributed by atoms with Crippen LogP contribution < -0.4 is 20.9 Å². The highest BCUT2D eigenvalue weighted by Gasteiger charge is 2.47. The number of benzene rings is 3. The van der Waals surface area contributed by atoms with Gasteiger partial charge in [-0.25, -0.2) is 4.79 Å². The Morgan fingerprint density at radius 3 is 2.42 bits per heavy atom. The number of nitrogens with two attached hydrogens (primary N) is 1. The quantitative estimate of drug-likeness (QED) is 0.372. The number of likely N-dealkylation sites (tertiary alicyclic amines) is 2. The normalized spacial score (nSPS) is 22.1. The third-order valence-electron chi connectivity index (χ3n) is 8.46. The van der Waals surface area contributed by atoms with Crippen molar-refractivity contribution in [3.8, 4) is 11.1 Å². The zero-order valence-corrected chi connectivity index (χ0v) is 24.6. The molecule has 3 atom stereocenters. The average molecular weight is 600 g/mol. The monoisotopic (exact) mass is 598 g/mol. The fourth-order valence-electron chi connectivity index (χ4n) is 6.64. The van der Waals surface area contributed by atoms with E-state index in [1.807, 2.05) is 24.3 Å². The Bertz CT molecular complexity index is 1500. The van der Waals surface area contributed by atoms with Crippen molar-refractivity contribution < 1.29 is 14.5 Å². The van der Waals surface area contributed by atoms with Gasteiger partial charge in [0.15, 0.2) is 0 Å². The van der Waals surface area contributed by atoms with E-state index in [0.717, 1.165) is 41.9 Å². The molecular weight excluding hydrogens is 569 g/mol. The molecule has 4 N–H and O–H groups in total. The second-order valence-corrected chi connectivity index (χ2v) is 12.4. The molecule has 6 rings (SSSR count). The van der Waals surface area contributed by atoms with Crippen molar-refractivity contribution in [2.24, 2.45) is 5.73 Å². The van der Waals surface area contributed by atoms with Gasteiger partial charge in [0.05, 0.1) is 40.6 Å². The van der Waals surface area contributed by atoms with Crippen LogP contribution in [0.3, 0.4) is 0 Å². The number of hydrogen-bond donors (Lipinski definition) is 3. The summed E-state index contributed by atoms with van der Waals surface area (Å²) < 4.78 is 0. The minimum absolute atomic E-state index is 0.158. The molecule has 3 unspecified atom stereocenters. The van der Waals surface area contributed by atoms with Crippen molar-refractivity contribution in [3.63, 3.8) is 0 Å². The first-order valence-corrected chi connectivity index (χ1v) is 14.6. The predicted octanol–water partition coefficient (Wildman–Crippen LogP) is 5.02. The Labute approximate surface area is 248 Å². The van der Waals surface area contributed by atoms with Gasteiger partial charge in [0, 0.05) is 46.3 Å². The Balaban J connectivity index is 1.47. The first-order chi connectivity index (χ1) is 19.1. The highest BCUT2D eigenvalue weighted by molar-refractivity contribution is 6.41. The number of primary amides is 1. The molecule has 40 heavy (non-hydrogen) atoms. The summed E-state index contributed by atoms with van der Waals surface area (Å²) in [6.45, 7) is 7.89. The standard InChI is InChI=1S/C30H30Cl3N5O2/c1-16(2)37-15-19-11-20(37)14-36(19)13-17-7-22(21-5-3-4-6-24(21)31)23-12-35-30(40)38(27(23)8-17)28-25(32)9-18(29(34)39)10-26(28)33/h3-10,16,19-20H,11-15H2,1-2H3,(H2,34,39)(H,35,40)/p+1. The number of carbonyl (C=O) groups is 2. The smallest absolute Gasteiger partial charge is 0.326 e. The fourth-order valence-corrected chi connectivity index (χ4v) is 7.53. The summed E-state index contributed by atoms with van der Waals surface area (Å²) in [6, 6.07) is 16.3. The van der Waals surface area contributed by atoms with Crippen LogP contribution in [0.1, 0.15) is 41.8 Å². The molecule has 3 aliphatic rings. The number of piperazine rings is 1. The zero-order valence-electron chi connectivity index (χ0n) is 22.3. The molecule has 3 heterocycles. The molecule has 0 saturated carbocycles. The molecule has 10 heteroatoms. The van der Waals surface area contributed by atoms with Gasteiger partial charge in [-0.15, -0.1) is 0 Å². The van der Waals surface area contributed by atoms with E-state index in [1.54, 1.807) is 4.90 Å². The Morgan fingerprint density at radius 1 is 1.07 bits per heavy atom. The number of rotatable bonds is 6. The van der Waals surface area contributed by atoms with Gasteiger partial charge in [-0.3, -0.25) is 14.6 Å². The van der Waals surface area contributed by atoms with Crippen molar-refractivity contribution in [2.75, 3.05) is 18.0 Å². The van der Waals surface area contributed by atoms with Gasteiger partial charge in [0.1, 0.15) is 12.6 Å². The maximum absolute atomic E-state index is 13.4. The number of hydrogen-bond acceptors (Lipinski definition) is 3. The maximum Gasteiger partial charge on any atom is 0.326 e. The Morgan fingerprint density at radius 2 is 1.80 bits per heavy atom. The molecule has 3 aliphatic heterocycles. The zero-order chi connectivity index (χ0) is 28.3. The lowest BCUT2D eigenvalue weighted by Crippen LogP contribution is -3.14. The van der Waals surface area contributed by atoms with E-state index in [-0.39, 0.29) is 21.6 Å². The lowest BCUT2D eigenvalue weighted by atomic mass is 9.93. The van der Waals surface area contributed by atoms with Crippen molar-refractivity contribution in [1.29, 1.82) is 0 Å². The largest absolute Gasteiger partial charge is 0.366 e. The van der Waals surface area contributed by atoms with Gasteiger partial charge in [-0.1, -0.05) is 53.0 Å². The van der Waals surface area contributed by atoms with Crippen molar-refractivity contribution >= 4 is 58.1 Å². The fraction of sp³-hybridized carbons (Fsp3) is 0.333. The van der Waals surface area contributed by atoms with Crippen LogP contribution in [0.25, 0.3) is 11.1 Å². The molecule has 3 aromatic carbocycles. The molecule has 3 amide bonds. The first-order valence-electron chi connectivity index (χ1n) is 13.5. The van der Waals surface area contributed by atoms with Crippen LogP contribution in [0.5, 0.6) is 0 Å². The SMILES string of the molecule is CC(C)N1CC2CC1C[NH+]2Cc1cc(-c2ccccc2Cl)c2c(c1)N(c1c(Cl)cc(C(N)=O)cc1Cl)C(=O)NC2. The number of carbonyl (C=O) groups excluding carboxylic acids is 2. The highest BCUT2D eigenvalue weighted by Crippen LogP contribution is 2.45. The average Bonchev–Trinajstić information content (AvgIpc) is 3.50. The van der Waals surface area contributed by atoms with E-state index < -0.39 is 5.91 Å². The molecule has 2 bridgehead atoms. The number of halogens is 3. The molecule has 7 nitrogen and oxygen atoms in total. The third-order valence-corrected chi connectivity index (χ3v) is 9.37. The van der Waals surface area contributed by atoms with Crippen LogP contribution in [-0.4, -0.2) is 48.1 Å². The molecule has 2 saturated heterocycles. The van der Waals surface area contributed by atoms with Gasteiger partial charge >= 0.3 is 6.03 Å². The number of quaternary nitrogens is 1. The predicted molar refractivity (Wildman–Crippen MR) is 160 cm³/mol. The highest BCUT2D eigenvalue weighted by atomic mass is 35.5. The summed E-state index contributed by atoms with van der Waals surface area (Å²) in [5.41, 5.74) is 10.5. The van der Waals surface area contributed by atoms with Crippen LogP contribution in [0.15, 0.2) is 48.5 Å². The summed E-state index contributed by atoms with van der Waals surface area (Å²) in [5, 5.41) is 3.91. The van der Waals surface area contributed by atoms with Gasteiger partial charge < -0.3 is 16.0 Å². The van der Waals surface area contributed by atoms with E-state index in [1.165, 1.54) is 23.5 Å². The topological polar surface area (TPSA) is 83.1 Å². The van der Waals surface area contributed by atoms with Gasteiger partial charge in [-0.2, -0.15) is 0 Å². The van der Waals surface area contributed by atoms with E-state index in [0.29, 0.717) is 41.1 Å². The minimum atomic E-state index is -0.652. The lowest BCUT2D eigenvalue weighted by Gasteiger charge is -2.35. The third kappa shape index (κ3) is 4.74. The lowest BCUT2D eigenvalue weighted by molar-refractivity contribution is -0.930. The van der Waals surface area contributed by atoms with E-state index in [4.69, 9.17) is 40.5 Å². The number of fused-ring (bicyclic) bond motifs is 3. The second kappa shape index (κ2) is 10.5. The Hall–Kier alpha value is -2.81. The van der Waals surface area contributed by atoms with Gasteiger partial charge in [0.25, 0.3) is 0 Å². The van der Waals surface area contributed by atoms with Gasteiger partial charge in [-0.05, 0) is 49.7 Å². The summed E-state index contributed by atoms with van der Waals surface area (Å²) in [7, 11) is 0. The second-order valence-electron chi connectivity index (χ2n) is 11.2. The van der Waals surface area contributed by atoms with Crippen molar-refractivity contribution in [3.05, 3.63) is 80.3 Å². The molecule has 3 aromatic rings. The summed E-state index contributed by atoms with van der Waals surface area (Å²) in [5.74, 6) is -0.652. The molecule has 0 spiro atoms. The van der Waals surface area contributed by atoms with Crippen molar-refractivity contribution in [2.45, 2.75) is 51.5 Å². The molecule has 0 aromatic heterocycles. The summed E-state index contributed by atoms with van der Waals surface area (Å²) >= 11 is 20.0. The van der Waals surface area contributed by atoms with E-state index in [9.17, 15) is 9.59 Å². The number of urea groups is 1. The van der Waals surface area contributed by atoms with Crippen LogP contribution in [-0.2, 0) is 13.1 Å². The minimum Gasteiger partial charge on any atom is -0.366 e. The number of nitrogens with one attached hydrogen (secondary N) is 2. The van der Waals surface area contributed by atoms with Crippen LogP contribution in [0, 0.1) is 0 Å². The molecule has 0 radical (unpaired) electrons. The molecule has 0 aliphatic carbocycles. The van der Waals surface area contributed by atoms with E-state index in [2.05, 4.69) is 36.2 Å². The summed E-state index contributed by atoms with van der Waals surface area (Å²) in [4.78, 5) is 30.9. The Kier molecular flexibility index (Phi) is 7.21. The molecule has 2 fully saturated rings. The van der Waals surface area contributed by atoms with E-state index >= 15 is 0 Å². The first kappa shape index (κ1) is 27.4. The molecular formula is C30H31Cl3N5O2+. The van der Waals surface area contributed by atoms with Crippen LogP contribution in [0.4, 0.5) is 16.2 Å².